The van der Waals surface area contributed by atoms with Crippen LogP contribution in [0.2, 0.25) is 0 Å². The minimum atomic E-state index is -4.49. The van der Waals surface area contributed by atoms with Gasteiger partial charge in [0.25, 0.3) is 11.5 Å². The van der Waals surface area contributed by atoms with Crippen LogP contribution in [0.1, 0.15) is 28.8 Å². The number of alkyl halides is 3. The zero-order valence-electron chi connectivity index (χ0n) is 16.0. The molecular weight excluding hydrogens is 413 g/mol. The van der Waals surface area contributed by atoms with E-state index in [1.54, 1.807) is 12.1 Å². The van der Waals surface area contributed by atoms with Crippen molar-refractivity contribution in [3.8, 4) is 16.9 Å². The second-order valence-electron chi connectivity index (χ2n) is 7.17. The van der Waals surface area contributed by atoms with Gasteiger partial charge in [-0.05, 0) is 43.2 Å². The Morgan fingerprint density at radius 1 is 1.16 bits per heavy atom. The molecule has 160 valence electrons. The minimum Gasteiger partial charge on any atom is -0.391 e. The monoisotopic (exact) mass is 430 g/mol. The number of aliphatic hydroxyl groups is 1. The van der Waals surface area contributed by atoms with Crippen LogP contribution in [0.3, 0.4) is 0 Å². The van der Waals surface area contributed by atoms with Crippen molar-refractivity contribution < 1.29 is 23.1 Å². The quantitative estimate of drug-likeness (QED) is 0.663. The van der Waals surface area contributed by atoms with Crippen LogP contribution in [0.15, 0.2) is 59.7 Å². The Morgan fingerprint density at radius 2 is 1.90 bits per heavy atom. The lowest BCUT2D eigenvalue weighted by Gasteiger charge is -2.32. The Bertz CT molecular complexity index is 1160. The van der Waals surface area contributed by atoms with Crippen molar-refractivity contribution in [3.63, 3.8) is 0 Å². The van der Waals surface area contributed by atoms with Crippen molar-refractivity contribution in [3.05, 3.63) is 76.3 Å². The predicted molar refractivity (Wildman–Crippen MR) is 105 cm³/mol. The smallest absolute Gasteiger partial charge is 0.391 e. The van der Waals surface area contributed by atoms with E-state index in [1.807, 2.05) is 0 Å². The highest BCUT2D eigenvalue weighted by Crippen LogP contribution is 2.30. The average molecular weight is 430 g/mol. The molecule has 1 aliphatic rings. The largest absolute Gasteiger partial charge is 0.416 e. The van der Waals surface area contributed by atoms with Crippen LogP contribution in [0.4, 0.5) is 13.2 Å². The van der Waals surface area contributed by atoms with E-state index in [1.165, 1.54) is 30.6 Å². The van der Waals surface area contributed by atoms with Gasteiger partial charge in [0.15, 0.2) is 0 Å². The first-order valence-corrected chi connectivity index (χ1v) is 9.45. The van der Waals surface area contributed by atoms with Gasteiger partial charge in [-0.2, -0.15) is 23.0 Å². The van der Waals surface area contributed by atoms with E-state index in [-0.39, 0.29) is 11.3 Å². The third kappa shape index (κ3) is 4.19. The Labute approximate surface area is 174 Å². The number of hydrogen-bond acceptors (Lipinski definition) is 5. The number of aromatic nitrogens is 3. The van der Waals surface area contributed by atoms with Gasteiger partial charge in [-0.1, -0.05) is 12.1 Å². The standard InChI is InChI=1S/C21H17F3N4O3/c22-21(23,24)13-5-3-12(4-6-13)17-10-15(19(30)26-16-7-8-18(16)29)20(31)28(27-17)14-2-1-9-25-11-14/h1-6,9-11,16,18,29H,7-8H2,(H,26,30). The molecule has 2 aromatic heterocycles. The van der Waals surface area contributed by atoms with Gasteiger partial charge in [-0.25, -0.2) is 0 Å². The predicted octanol–water partition coefficient (Wildman–Crippen LogP) is 2.57. The van der Waals surface area contributed by atoms with E-state index >= 15 is 0 Å². The number of rotatable bonds is 4. The minimum absolute atomic E-state index is 0.136. The molecule has 1 amide bonds. The van der Waals surface area contributed by atoms with Crippen LogP contribution >= 0.6 is 0 Å². The van der Waals surface area contributed by atoms with Crippen molar-refractivity contribution in [2.75, 3.05) is 0 Å². The number of carbonyl (C=O) groups excluding carboxylic acids is 1. The summed E-state index contributed by atoms with van der Waals surface area (Å²) in [4.78, 5) is 29.6. The highest BCUT2D eigenvalue weighted by atomic mass is 19.4. The molecule has 7 nitrogen and oxygen atoms in total. The highest BCUT2D eigenvalue weighted by molar-refractivity contribution is 5.95. The normalized spacial score (nSPS) is 18.3. The summed E-state index contributed by atoms with van der Waals surface area (Å²) >= 11 is 0. The van der Waals surface area contributed by atoms with E-state index in [9.17, 15) is 27.9 Å². The topological polar surface area (TPSA) is 97.1 Å². The first-order valence-electron chi connectivity index (χ1n) is 9.45. The van der Waals surface area contributed by atoms with Crippen LogP contribution in [-0.2, 0) is 6.18 Å². The summed E-state index contributed by atoms with van der Waals surface area (Å²) in [6, 6.07) is 8.18. The Hall–Kier alpha value is -3.53. The molecule has 1 aromatic carbocycles. The number of pyridine rings is 1. The first-order chi connectivity index (χ1) is 14.7. The summed E-state index contributed by atoms with van der Waals surface area (Å²) in [7, 11) is 0. The SMILES string of the molecule is O=C(NC1CCC1O)c1cc(-c2ccc(C(F)(F)F)cc2)nn(-c2cccnc2)c1=O. The molecule has 1 fully saturated rings. The molecular formula is C21H17F3N4O3. The molecule has 1 aliphatic carbocycles. The van der Waals surface area contributed by atoms with Gasteiger partial charge in [0.2, 0.25) is 0 Å². The number of hydrogen-bond donors (Lipinski definition) is 2. The Morgan fingerprint density at radius 3 is 2.45 bits per heavy atom. The number of benzene rings is 1. The first kappa shape index (κ1) is 20.7. The molecule has 0 bridgehead atoms. The molecule has 1 saturated carbocycles. The average Bonchev–Trinajstić information content (AvgIpc) is 2.76. The number of nitrogens with one attached hydrogen (secondary N) is 1. The molecule has 2 unspecified atom stereocenters. The second kappa shape index (κ2) is 7.95. The molecule has 0 saturated heterocycles. The zero-order valence-corrected chi connectivity index (χ0v) is 16.0. The number of aliphatic hydroxyl groups excluding tert-OH is 1. The number of nitrogens with zero attached hydrogens (tertiary/aromatic N) is 3. The van der Waals surface area contributed by atoms with Crippen molar-refractivity contribution in [1.29, 1.82) is 0 Å². The maximum atomic E-state index is 12.9. The van der Waals surface area contributed by atoms with Crippen LogP contribution in [0, 0.1) is 0 Å². The van der Waals surface area contributed by atoms with Gasteiger partial charge in [0, 0.05) is 11.8 Å². The summed E-state index contributed by atoms with van der Waals surface area (Å²) < 4.78 is 39.6. The van der Waals surface area contributed by atoms with Crippen molar-refractivity contribution in [1.82, 2.24) is 20.1 Å². The Balaban J connectivity index is 1.79. The molecule has 4 rings (SSSR count). The molecule has 2 atom stereocenters. The van der Waals surface area contributed by atoms with Gasteiger partial charge in [0.05, 0.1) is 35.3 Å². The molecule has 0 spiro atoms. The van der Waals surface area contributed by atoms with Crippen LogP contribution in [0.25, 0.3) is 16.9 Å². The fourth-order valence-corrected chi connectivity index (χ4v) is 3.18. The van der Waals surface area contributed by atoms with E-state index in [4.69, 9.17) is 0 Å². The zero-order chi connectivity index (χ0) is 22.2. The summed E-state index contributed by atoms with van der Waals surface area (Å²) in [5.41, 5.74) is -1.06. The van der Waals surface area contributed by atoms with E-state index in [0.29, 0.717) is 24.1 Å². The molecule has 2 heterocycles. The lowest BCUT2D eigenvalue weighted by Crippen LogP contribution is -2.51. The summed E-state index contributed by atoms with van der Waals surface area (Å²) in [6.07, 6.45) is -1.16. The lowest BCUT2D eigenvalue weighted by molar-refractivity contribution is -0.137. The van der Waals surface area contributed by atoms with Gasteiger partial charge < -0.3 is 10.4 Å². The molecule has 3 aromatic rings. The molecule has 0 aliphatic heterocycles. The molecule has 10 heteroatoms. The highest BCUT2D eigenvalue weighted by Gasteiger charge is 2.32. The van der Waals surface area contributed by atoms with Crippen molar-refractivity contribution in [2.45, 2.75) is 31.2 Å². The fourth-order valence-electron chi connectivity index (χ4n) is 3.18. The third-order valence-electron chi connectivity index (χ3n) is 5.11. The van der Waals surface area contributed by atoms with Gasteiger partial charge in [0.1, 0.15) is 5.56 Å². The second-order valence-corrected chi connectivity index (χ2v) is 7.17. The summed E-state index contributed by atoms with van der Waals surface area (Å²) in [6.45, 7) is 0. The number of amides is 1. The van der Waals surface area contributed by atoms with Gasteiger partial charge >= 0.3 is 6.18 Å². The van der Waals surface area contributed by atoms with E-state index in [0.717, 1.165) is 16.8 Å². The fraction of sp³-hybridized carbons (Fsp3) is 0.238. The van der Waals surface area contributed by atoms with Crippen molar-refractivity contribution >= 4 is 5.91 Å². The third-order valence-corrected chi connectivity index (χ3v) is 5.11. The van der Waals surface area contributed by atoms with E-state index in [2.05, 4.69) is 15.4 Å². The maximum Gasteiger partial charge on any atom is 0.416 e. The number of halogens is 3. The van der Waals surface area contributed by atoms with E-state index < -0.39 is 35.4 Å². The van der Waals surface area contributed by atoms with Crippen molar-refractivity contribution in [2.24, 2.45) is 0 Å². The number of carbonyl (C=O) groups is 1. The summed E-state index contributed by atoms with van der Waals surface area (Å²) in [5, 5.41) is 16.6. The van der Waals surface area contributed by atoms with Crippen LogP contribution < -0.4 is 10.9 Å². The van der Waals surface area contributed by atoms with Gasteiger partial charge in [-0.15, -0.1) is 0 Å². The maximum absolute atomic E-state index is 12.9. The molecule has 0 radical (unpaired) electrons. The van der Waals surface area contributed by atoms with Gasteiger partial charge in [-0.3, -0.25) is 14.6 Å². The summed E-state index contributed by atoms with van der Waals surface area (Å²) in [5.74, 6) is -0.693. The molecule has 31 heavy (non-hydrogen) atoms. The Kier molecular flexibility index (Phi) is 5.32. The molecule has 2 N–H and O–H groups in total. The van der Waals surface area contributed by atoms with Crippen LogP contribution in [-0.4, -0.2) is 37.9 Å². The van der Waals surface area contributed by atoms with Crippen LogP contribution in [0.5, 0.6) is 0 Å². The lowest BCUT2D eigenvalue weighted by atomic mass is 9.89.